The predicted molar refractivity (Wildman–Crippen MR) is 64.4 cm³/mol. The van der Waals surface area contributed by atoms with E-state index in [4.69, 9.17) is 0 Å². The molecule has 0 radical (unpaired) electrons. The van der Waals surface area contributed by atoms with Crippen molar-refractivity contribution in [3.63, 3.8) is 0 Å². The van der Waals surface area contributed by atoms with E-state index in [1.807, 2.05) is 12.3 Å². The van der Waals surface area contributed by atoms with Crippen LogP contribution in [0.2, 0.25) is 0 Å². The maximum Gasteiger partial charge on any atom is 0.229 e. The van der Waals surface area contributed by atoms with Gasteiger partial charge >= 0.3 is 0 Å². The van der Waals surface area contributed by atoms with Gasteiger partial charge in [-0.05, 0) is 38.0 Å². The Morgan fingerprint density at radius 1 is 1.50 bits per heavy atom. The summed E-state index contributed by atoms with van der Waals surface area (Å²) in [5.74, 6) is 1.91. The highest BCUT2D eigenvalue weighted by Crippen LogP contribution is 2.48. The molecule has 0 saturated heterocycles. The highest BCUT2D eigenvalue weighted by molar-refractivity contribution is 7.13. The number of amides is 1. The third-order valence-corrected chi connectivity index (χ3v) is 4.80. The van der Waals surface area contributed by atoms with Crippen LogP contribution in [0.25, 0.3) is 0 Å². The minimum Gasteiger partial charge on any atom is -0.302 e. The summed E-state index contributed by atoms with van der Waals surface area (Å²) in [6, 6.07) is 0. The van der Waals surface area contributed by atoms with E-state index in [1.54, 1.807) is 0 Å². The molecule has 2 aliphatic carbocycles. The normalized spacial score (nSPS) is 31.9. The van der Waals surface area contributed by atoms with Crippen LogP contribution in [0.3, 0.4) is 0 Å². The fourth-order valence-electron chi connectivity index (χ4n) is 3.18. The van der Waals surface area contributed by atoms with Crippen LogP contribution >= 0.6 is 11.3 Å². The zero-order chi connectivity index (χ0) is 11.1. The standard InChI is InChI=1S/C12H16N2OS/c1-7-6-16-12(13-7)14-11(15)10-5-8-2-3-9(10)4-8/h6,8-10H,2-5H2,1H3,(H,13,14,15). The van der Waals surface area contributed by atoms with Gasteiger partial charge in [-0.15, -0.1) is 11.3 Å². The van der Waals surface area contributed by atoms with Gasteiger partial charge in [0.05, 0.1) is 5.69 Å². The third-order valence-electron chi connectivity index (χ3n) is 3.92. The Bertz CT molecular complexity index is 415. The van der Waals surface area contributed by atoms with Gasteiger partial charge < -0.3 is 5.32 Å². The van der Waals surface area contributed by atoms with E-state index in [0.717, 1.165) is 23.2 Å². The monoisotopic (exact) mass is 236 g/mol. The SMILES string of the molecule is Cc1csc(NC(=O)C2CC3CCC2C3)n1. The van der Waals surface area contributed by atoms with E-state index in [1.165, 1.54) is 30.6 Å². The number of carbonyl (C=O) groups is 1. The maximum atomic E-state index is 12.1. The Morgan fingerprint density at radius 2 is 2.38 bits per heavy atom. The fourth-order valence-corrected chi connectivity index (χ4v) is 3.87. The van der Waals surface area contributed by atoms with Crippen LogP contribution in [0.1, 0.15) is 31.4 Å². The van der Waals surface area contributed by atoms with Crippen LogP contribution in [0, 0.1) is 24.7 Å². The van der Waals surface area contributed by atoms with Crippen molar-refractivity contribution in [1.29, 1.82) is 0 Å². The van der Waals surface area contributed by atoms with Gasteiger partial charge in [-0.1, -0.05) is 6.42 Å². The molecule has 0 aromatic carbocycles. The Morgan fingerprint density at radius 3 is 2.94 bits per heavy atom. The molecule has 3 rings (SSSR count). The summed E-state index contributed by atoms with van der Waals surface area (Å²) >= 11 is 1.51. The number of aryl methyl sites for hydroxylation is 1. The van der Waals surface area contributed by atoms with Crippen molar-refractivity contribution in [1.82, 2.24) is 4.98 Å². The first-order chi connectivity index (χ1) is 7.72. The van der Waals surface area contributed by atoms with Gasteiger partial charge in [0, 0.05) is 11.3 Å². The summed E-state index contributed by atoms with van der Waals surface area (Å²) in [4.78, 5) is 16.3. The van der Waals surface area contributed by atoms with Gasteiger partial charge in [-0.25, -0.2) is 4.98 Å². The molecule has 1 amide bonds. The molecule has 2 bridgehead atoms. The summed E-state index contributed by atoms with van der Waals surface area (Å²) in [6.45, 7) is 1.95. The lowest BCUT2D eigenvalue weighted by Gasteiger charge is -2.19. The summed E-state index contributed by atoms with van der Waals surface area (Å²) in [5.41, 5.74) is 0.980. The van der Waals surface area contributed by atoms with Crippen molar-refractivity contribution in [3.8, 4) is 0 Å². The van der Waals surface area contributed by atoms with Crippen LogP contribution in [0.5, 0.6) is 0 Å². The van der Waals surface area contributed by atoms with Crippen LogP contribution in [0.15, 0.2) is 5.38 Å². The molecule has 86 valence electrons. The zero-order valence-electron chi connectivity index (χ0n) is 9.40. The first kappa shape index (κ1) is 10.3. The van der Waals surface area contributed by atoms with Gasteiger partial charge in [0.2, 0.25) is 5.91 Å². The van der Waals surface area contributed by atoms with E-state index in [2.05, 4.69) is 10.3 Å². The molecule has 3 nitrogen and oxygen atoms in total. The molecule has 1 aromatic heterocycles. The summed E-state index contributed by atoms with van der Waals surface area (Å²) < 4.78 is 0. The first-order valence-corrected chi connectivity index (χ1v) is 6.83. The van der Waals surface area contributed by atoms with Gasteiger partial charge in [-0.3, -0.25) is 4.79 Å². The highest BCUT2D eigenvalue weighted by atomic mass is 32.1. The summed E-state index contributed by atoms with van der Waals surface area (Å²) in [5, 5.41) is 5.68. The molecule has 1 aromatic rings. The first-order valence-electron chi connectivity index (χ1n) is 5.95. The van der Waals surface area contributed by atoms with Crippen LogP contribution < -0.4 is 5.32 Å². The van der Waals surface area contributed by atoms with E-state index >= 15 is 0 Å². The molecule has 4 heteroatoms. The molecule has 1 heterocycles. The second-order valence-corrected chi connectivity index (χ2v) is 5.92. The number of nitrogens with zero attached hydrogens (tertiary/aromatic N) is 1. The lowest BCUT2D eigenvalue weighted by molar-refractivity contribution is -0.121. The lowest BCUT2D eigenvalue weighted by Crippen LogP contribution is -2.27. The average Bonchev–Trinajstić information content (AvgIpc) is 2.93. The Kier molecular flexibility index (Phi) is 2.46. The van der Waals surface area contributed by atoms with Gasteiger partial charge in [0.1, 0.15) is 0 Å². The minimum absolute atomic E-state index is 0.196. The van der Waals surface area contributed by atoms with E-state index in [-0.39, 0.29) is 11.8 Å². The predicted octanol–water partition coefficient (Wildman–Crippen LogP) is 2.83. The van der Waals surface area contributed by atoms with Gasteiger partial charge in [0.15, 0.2) is 5.13 Å². The molecule has 2 saturated carbocycles. The molecule has 1 N–H and O–H groups in total. The van der Waals surface area contributed by atoms with Crippen molar-refractivity contribution in [2.75, 3.05) is 5.32 Å². The van der Waals surface area contributed by atoms with Crippen LogP contribution in [-0.2, 0) is 4.79 Å². The lowest BCUT2D eigenvalue weighted by atomic mass is 9.88. The molecule has 0 spiro atoms. The van der Waals surface area contributed by atoms with Crippen LogP contribution in [0.4, 0.5) is 5.13 Å². The second kappa shape index (κ2) is 3.84. The number of fused-ring (bicyclic) bond motifs is 2. The Balaban J connectivity index is 1.65. The highest BCUT2D eigenvalue weighted by Gasteiger charge is 2.43. The van der Waals surface area contributed by atoms with Crippen molar-refractivity contribution >= 4 is 22.4 Å². The van der Waals surface area contributed by atoms with Crippen molar-refractivity contribution in [2.24, 2.45) is 17.8 Å². The molecule has 2 fully saturated rings. The van der Waals surface area contributed by atoms with E-state index in [0.29, 0.717) is 5.92 Å². The van der Waals surface area contributed by atoms with E-state index in [9.17, 15) is 4.79 Å². The number of aromatic nitrogens is 1. The summed E-state index contributed by atoms with van der Waals surface area (Å²) in [7, 11) is 0. The number of anilines is 1. The quantitative estimate of drug-likeness (QED) is 0.858. The van der Waals surface area contributed by atoms with Crippen molar-refractivity contribution in [3.05, 3.63) is 11.1 Å². The van der Waals surface area contributed by atoms with Crippen LogP contribution in [-0.4, -0.2) is 10.9 Å². The van der Waals surface area contributed by atoms with Crippen molar-refractivity contribution < 1.29 is 4.79 Å². The number of rotatable bonds is 2. The topological polar surface area (TPSA) is 42.0 Å². The average molecular weight is 236 g/mol. The smallest absolute Gasteiger partial charge is 0.229 e. The van der Waals surface area contributed by atoms with Gasteiger partial charge in [-0.2, -0.15) is 0 Å². The molecule has 2 aliphatic rings. The molecule has 0 aliphatic heterocycles. The maximum absolute atomic E-state index is 12.1. The zero-order valence-corrected chi connectivity index (χ0v) is 10.2. The Labute approximate surface area is 99.3 Å². The summed E-state index contributed by atoms with van der Waals surface area (Å²) in [6.07, 6.45) is 4.96. The third kappa shape index (κ3) is 1.75. The number of thiazole rings is 1. The van der Waals surface area contributed by atoms with Crippen molar-refractivity contribution in [2.45, 2.75) is 32.6 Å². The molecule has 3 atom stereocenters. The molecular formula is C12H16N2OS. The Hall–Kier alpha value is -0.900. The van der Waals surface area contributed by atoms with Gasteiger partial charge in [0.25, 0.3) is 0 Å². The number of nitrogens with one attached hydrogen (secondary N) is 1. The molecule has 16 heavy (non-hydrogen) atoms. The second-order valence-electron chi connectivity index (χ2n) is 5.06. The van der Waals surface area contributed by atoms with E-state index < -0.39 is 0 Å². The number of hydrogen-bond donors (Lipinski definition) is 1. The minimum atomic E-state index is 0.196. The number of carbonyl (C=O) groups excluding carboxylic acids is 1. The molecule has 3 unspecified atom stereocenters. The fraction of sp³-hybridized carbons (Fsp3) is 0.667. The molecular weight excluding hydrogens is 220 g/mol. The number of hydrogen-bond acceptors (Lipinski definition) is 3. The largest absolute Gasteiger partial charge is 0.302 e.